The number of hydrogen-bond acceptors (Lipinski definition) is 5. The maximum absolute atomic E-state index is 12.5. The van der Waals surface area contributed by atoms with Gasteiger partial charge < -0.3 is 14.7 Å². The van der Waals surface area contributed by atoms with Crippen molar-refractivity contribution in [3.8, 4) is 17.4 Å². The lowest BCUT2D eigenvalue weighted by Gasteiger charge is -2.04. The zero-order valence-electron chi connectivity index (χ0n) is 17.5. The Labute approximate surface area is 203 Å². The van der Waals surface area contributed by atoms with E-state index in [1.54, 1.807) is 0 Å². The summed E-state index contributed by atoms with van der Waals surface area (Å²) < 4.78 is 5.66. The van der Waals surface area contributed by atoms with E-state index >= 15 is 0 Å². The highest BCUT2D eigenvalue weighted by atomic mass is 35.5. The van der Waals surface area contributed by atoms with E-state index in [0.29, 0.717) is 13.0 Å². The number of nitriles is 1. The molecule has 0 saturated heterocycles. The fraction of sp³-hybridized carbons (Fsp3) is 0.0833. The van der Waals surface area contributed by atoms with Gasteiger partial charge >= 0.3 is 0 Å². The van der Waals surface area contributed by atoms with E-state index < -0.39 is 10.8 Å². The largest absolute Gasteiger partial charge is 0.457 e. The summed E-state index contributed by atoms with van der Waals surface area (Å²) in [5.74, 6) is -0.0968. The van der Waals surface area contributed by atoms with Crippen LogP contribution in [0.15, 0.2) is 64.7 Å². The molecule has 2 aromatic heterocycles. The minimum atomic E-state index is -0.625. The molecule has 0 bridgehead atoms. The van der Waals surface area contributed by atoms with E-state index in [-0.39, 0.29) is 38.4 Å². The highest BCUT2D eigenvalue weighted by Gasteiger charge is 2.19. The number of H-pyrrole nitrogens is 1. The van der Waals surface area contributed by atoms with Crippen LogP contribution >= 0.6 is 23.2 Å². The van der Waals surface area contributed by atoms with Crippen molar-refractivity contribution in [3.05, 3.63) is 91.8 Å². The van der Waals surface area contributed by atoms with E-state index in [1.807, 2.05) is 36.5 Å². The zero-order chi connectivity index (χ0) is 24.2. The van der Waals surface area contributed by atoms with Crippen LogP contribution < -0.4 is 5.32 Å². The van der Waals surface area contributed by atoms with Crippen LogP contribution in [0, 0.1) is 21.4 Å². The van der Waals surface area contributed by atoms with Crippen molar-refractivity contribution in [2.45, 2.75) is 6.42 Å². The molecule has 0 atom stereocenters. The molecule has 0 fully saturated rings. The quantitative estimate of drug-likeness (QED) is 0.143. The summed E-state index contributed by atoms with van der Waals surface area (Å²) in [6, 6.07) is 15.3. The fourth-order valence-corrected chi connectivity index (χ4v) is 4.02. The van der Waals surface area contributed by atoms with Crippen LogP contribution in [0.25, 0.3) is 28.3 Å². The lowest BCUT2D eigenvalue weighted by atomic mass is 10.1. The van der Waals surface area contributed by atoms with Gasteiger partial charge in [-0.25, -0.2) is 0 Å². The number of nitrogens with one attached hydrogen (secondary N) is 2. The summed E-state index contributed by atoms with van der Waals surface area (Å²) in [4.78, 5) is 26.2. The number of amides is 1. The van der Waals surface area contributed by atoms with Gasteiger partial charge in [0.05, 0.1) is 9.95 Å². The Morgan fingerprint density at radius 2 is 2.00 bits per heavy atom. The highest BCUT2D eigenvalue weighted by molar-refractivity contribution is 6.37. The second-order valence-electron chi connectivity index (χ2n) is 7.28. The molecule has 0 spiro atoms. The summed E-state index contributed by atoms with van der Waals surface area (Å²) in [5, 5.41) is 24.5. The molecule has 2 N–H and O–H groups in total. The first-order valence-electron chi connectivity index (χ1n) is 10.1. The smallest absolute Gasteiger partial charge is 0.288 e. The van der Waals surface area contributed by atoms with E-state index in [9.17, 15) is 20.2 Å². The molecule has 0 saturated carbocycles. The van der Waals surface area contributed by atoms with Crippen LogP contribution in [0.3, 0.4) is 0 Å². The van der Waals surface area contributed by atoms with Crippen LogP contribution in [-0.2, 0) is 11.2 Å². The maximum atomic E-state index is 12.5. The van der Waals surface area contributed by atoms with Gasteiger partial charge in [0.25, 0.3) is 11.6 Å². The third-order valence-electron chi connectivity index (χ3n) is 5.13. The van der Waals surface area contributed by atoms with Gasteiger partial charge in [-0.1, -0.05) is 41.4 Å². The lowest BCUT2D eigenvalue weighted by molar-refractivity contribution is -0.384. The Bertz CT molecular complexity index is 1480. The van der Waals surface area contributed by atoms with Gasteiger partial charge in [-0.15, -0.1) is 0 Å². The number of hydrogen-bond donors (Lipinski definition) is 2. The molecule has 34 heavy (non-hydrogen) atoms. The molecule has 8 nitrogen and oxygen atoms in total. The summed E-state index contributed by atoms with van der Waals surface area (Å²) in [7, 11) is 0. The predicted octanol–water partition coefficient (Wildman–Crippen LogP) is 5.91. The van der Waals surface area contributed by atoms with Crippen molar-refractivity contribution < 1.29 is 14.1 Å². The van der Waals surface area contributed by atoms with Crippen molar-refractivity contribution in [2.24, 2.45) is 0 Å². The summed E-state index contributed by atoms with van der Waals surface area (Å²) in [6.45, 7) is 0.340. The molecule has 0 aliphatic carbocycles. The Morgan fingerprint density at radius 3 is 2.76 bits per heavy atom. The number of aromatic amines is 1. The number of benzene rings is 2. The number of fused-ring (bicyclic) bond motifs is 1. The molecule has 4 rings (SSSR count). The minimum Gasteiger partial charge on any atom is -0.457 e. The van der Waals surface area contributed by atoms with Crippen LogP contribution in [0.4, 0.5) is 5.69 Å². The fourth-order valence-electron chi connectivity index (χ4n) is 3.48. The molecule has 0 aliphatic rings. The van der Waals surface area contributed by atoms with Gasteiger partial charge in [-0.3, -0.25) is 14.9 Å². The monoisotopic (exact) mass is 494 g/mol. The molecular weight excluding hydrogens is 479 g/mol. The number of nitrogens with zero attached hydrogens (tertiary/aromatic N) is 2. The van der Waals surface area contributed by atoms with Gasteiger partial charge in [-0.2, -0.15) is 5.26 Å². The van der Waals surface area contributed by atoms with Crippen molar-refractivity contribution in [2.75, 3.05) is 6.54 Å². The molecule has 0 unspecified atom stereocenters. The second kappa shape index (κ2) is 9.83. The number of rotatable bonds is 7. The van der Waals surface area contributed by atoms with E-state index in [0.717, 1.165) is 16.5 Å². The summed E-state index contributed by atoms with van der Waals surface area (Å²) in [5.41, 5.74) is 1.87. The Morgan fingerprint density at radius 1 is 1.21 bits per heavy atom. The first-order chi connectivity index (χ1) is 16.4. The van der Waals surface area contributed by atoms with Gasteiger partial charge in [0.1, 0.15) is 28.2 Å². The number of nitro benzene ring substituents is 1. The van der Waals surface area contributed by atoms with Crippen molar-refractivity contribution in [1.29, 1.82) is 5.26 Å². The standard InChI is InChI=1S/C24H16Cl2N4O4/c25-19-11-20(26)22(30(32)33)10-18(19)23-6-5-16(34-23)9-15(12-27)24(31)28-8-7-14-13-29-21-4-2-1-3-17(14)21/h1-6,9-11,13,29H,7-8H2,(H,28,31)/b15-9-. The van der Waals surface area contributed by atoms with E-state index in [4.69, 9.17) is 27.6 Å². The number of furan rings is 1. The summed E-state index contributed by atoms with van der Waals surface area (Å²) in [6.07, 6.45) is 3.78. The molecular formula is C24H16Cl2N4O4. The minimum absolute atomic E-state index is 0.0958. The van der Waals surface area contributed by atoms with Crippen LogP contribution in [0.5, 0.6) is 0 Å². The van der Waals surface area contributed by atoms with Crippen LogP contribution in [0.1, 0.15) is 11.3 Å². The number of carbonyl (C=O) groups is 1. The molecule has 10 heteroatoms. The van der Waals surface area contributed by atoms with Gasteiger partial charge in [0.2, 0.25) is 0 Å². The number of nitro groups is 1. The molecule has 4 aromatic rings. The first-order valence-corrected chi connectivity index (χ1v) is 10.8. The lowest BCUT2D eigenvalue weighted by Crippen LogP contribution is -2.26. The number of aromatic nitrogens is 1. The topological polar surface area (TPSA) is 125 Å². The Hall–Kier alpha value is -4.06. The molecule has 1 amide bonds. The number of carbonyl (C=O) groups excluding carboxylic acids is 1. The first kappa shape index (κ1) is 23.1. The van der Waals surface area contributed by atoms with Gasteiger partial charge in [0, 0.05) is 41.4 Å². The Kier molecular flexibility index (Phi) is 6.68. The van der Waals surface area contributed by atoms with Gasteiger partial charge in [-0.05, 0) is 36.2 Å². The van der Waals surface area contributed by atoms with Gasteiger partial charge in [0.15, 0.2) is 0 Å². The highest BCUT2D eigenvalue weighted by Crippen LogP contribution is 2.37. The van der Waals surface area contributed by atoms with Crippen LogP contribution in [-0.4, -0.2) is 22.4 Å². The second-order valence-corrected chi connectivity index (χ2v) is 8.09. The van der Waals surface area contributed by atoms with Crippen molar-refractivity contribution in [1.82, 2.24) is 10.3 Å². The average Bonchev–Trinajstić information content (AvgIpc) is 3.44. The molecule has 0 radical (unpaired) electrons. The molecule has 0 aliphatic heterocycles. The number of halogens is 2. The third-order valence-corrected chi connectivity index (χ3v) is 5.75. The maximum Gasteiger partial charge on any atom is 0.288 e. The third kappa shape index (κ3) is 4.81. The molecule has 2 aromatic carbocycles. The van der Waals surface area contributed by atoms with Crippen molar-refractivity contribution >= 4 is 51.8 Å². The Balaban J connectivity index is 1.47. The summed E-state index contributed by atoms with van der Waals surface area (Å²) >= 11 is 12.0. The van der Waals surface area contributed by atoms with E-state index in [2.05, 4.69) is 10.3 Å². The molecule has 2 heterocycles. The normalized spacial score (nSPS) is 11.4. The molecule has 170 valence electrons. The predicted molar refractivity (Wildman–Crippen MR) is 129 cm³/mol. The van der Waals surface area contributed by atoms with Crippen LogP contribution in [0.2, 0.25) is 10.0 Å². The number of para-hydroxylation sites is 1. The van der Waals surface area contributed by atoms with E-state index in [1.165, 1.54) is 30.3 Å². The van der Waals surface area contributed by atoms with Crippen molar-refractivity contribution in [3.63, 3.8) is 0 Å². The SMILES string of the molecule is N#C/C(=C/c1ccc(-c2cc([N+](=O)[O-])c(Cl)cc2Cl)o1)C(=O)NCCc1c[nH]c2ccccc12. The zero-order valence-corrected chi connectivity index (χ0v) is 19.0. The average molecular weight is 495 g/mol.